The number of aliphatic hydroxyl groups is 1. The van der Waals surface area contributed by atoms with E-state index in [2.05, 4.69) is 6.58 Å². The maximum atomic E-state index is 9.29. The normalized spacial score (nSPS) is 54.8. The van der Waals surface area contributed by atoms with E-state index in [1.165, 1.54) is 6.42 Å². The number of fused-ring (bicyclic) bond motifs is 1. The van der Waals surface area contributed by atoms with Crippen LogP contribution in [0.1, 0.15) is 12.8 Å². The van der Waals surface area contributed by atoms with Gasteiger partial charge in [0.25, 0.3) is 0 Å². The van der Waals surface area contributed by atoms with E-state index in [-0.39, 0.29) is 6.10 Å². The Labute approximate surface area is 55.4 Å². The second kappa shape index (κ2) is 1.60. The molecule has 0 aromatic rings. The van der Waals surface area contributed by atoms with Crippen molar-refractivity contribution in [2.75, 3.05) is 0 Å². The number of aliphatic hydroxyl groups excluding tert-OH is 1. The van der Waals surface area contributed by atoms with Gasteiger partial charge in [0.1, 0.15) is 0 Å². The zero-order valence-electron chi connectivity index (χ0n) is 5.46. The van der Waals surface area contributed by atoms with Crippen molar-refractivity contribution < 1.29 is 5.11 Å². The fourth-order valence-electron chi connectivity index (χ4n) is 2.34. The predicted octanol–water partition coefficient (Wildman–Crippen LogP) is 1.19. The zero-order chi connectivity index (χ0) is 6.43. The first kappa shape index (κ1) is 5.48. The molecule has 0 spiro atoms. The van der Waals surface area contributed by atoms with Crippen LogP contribution in [-0.2, 0) is 0 Å². The molecule has 3 rings (SSSR count). The quantitative estimate of drug-likeness (QED) is 0.520. The highest BCUT2D eigenvalue weighted by Crippen LogP contribution is 2.53. The second-order valence-electron chi connectivity index (χ2n) is 3.28. The van der Waals surface area contributed by atoms with Gasteiger partial charge in [-0.15, -0.1) is 6.58 Å². The smallest absolute Gasteiger partial charge is 0.0577 e. The Balaban J connectivity index is 2.12. The average molecular weight is 124 g/mol. The van der Waals surface area contributed by atoms with Crippen LogP contribution >= 0.6 is 0 Å². The molecule has 3 fully saturated rings. The largest absolute Gasteiger partial charge is 0.393 e. The van der Waals surface area contributed by atoms with E-state index < -0.39 is 0 Å². The zero-order valence-corrected chi connectivity index (χ0v) is 5.46. The molecule has 1 heteroatoms. The second-order valence-corrected chi connectivity index (χ2v) is 3.28. The van der Waals surface area contributed by atoms with Gasteiger partial charge in [-0.1, -0.05) is 6.08 Å². The molecule has 0 aromatic carbocycles. The summed E-state index contributed by atoms with van der Waals surface area (Å²) in [6.07, 6.45) is 4.28. The van der Waals surface area contributed by atoms with Crippen LogP contribution in [0.4, 0.5) is 0 Å². The fourth-order valence-corrected chi connectivity index (χ4v) is 2.34. The Morgan fingerprint density at radius 3 is 2.44 bits per heavy atom. The van der Waals surface area contributed by atoms with Crippen molar-refractivity contribution in [2.24, 2.45) is 17.8 Å². The maximum absolute atomic E-state index is 9.29. The van der Waals surface area contributed by atoms with Crippen LogP contribution in [0.15, 0.2) is 12.7 Å². The van der Waals surface area contributed by atoms with Gasteiger partial charge in [-0.05, 0) is 30.6 Å². The van der Waals surface area contributed by atoms with Crippen LogP contribution in [-0.4, -0.2) is 11.2 Å². The molecule has 3 aliphatic carbocycles. The van der Waals surface area contributed by atoms with Crippen molar-refractivity contribution in [3.8, 4) is 0 Å². The summed E-state index contributed by atoms with van der Waals surface area (Å²) in [5, 5.41) is 9.29. The van der Waals surface area contributed by atoms with Gasteiger partial charge in [0.2, 0.25) is 0 Å². The lowest BCUT2D eigenvalue weighted by molar-refractivity contribution is 0.104. The van der Waals surface area contributed by atoms with Crippen molar-refractivity contribution in [1.82, 2.24) is 0 Å². The number of rotatable bonds is 1. The number of hydrogen-bond acceptors (Lipinski definition) is 1. The summed E-state index contributed by atoms with van der Waals surface area (Å²) in [4.78, 5) is 0. The highest BCUT2D eigenvalue weighted by atomic mass is 16.3. The molecule has 0 amide bonds. The highest BCUT2D eigenvalue weighted by Gasteiger charge is 2.50. The molecule has 0 heterocycles. The first-order chi connectivity index (χ1) is 4.33. The average Bonchev–Trinajstić information content (AvgIpc) is 2.22. The summed E-state index contributed by atoms with van der Waals surface area (Å²) in [5.41, 5.74) is 0. The minimum atomic E-state index is -0.00185. The van der Waals surface area contributed by atoms with Crippen LogP contribution in [0.5, 0.6) is 0 Å². The van der Waals surface area contributed by atoms with Gasteiger partial charge in [0.05, 0.1) is 6.10 Å². The number of allylic oxidation sites excluding steroid dienone is 1. The molecule has 2 bridgehead atoms. The number of hydrogen-bond donors (Lipinski definition) is 1. The van der Waals surface area contributed by atoms with Gasteiger partial charge in [0.15, 0.2) is 0 Å². The van der Waals surface area contributed by atoms with Gasteiger partial charge in [-0.25, -0.2) is 0 Å². The molecule has 1 nitrogen and oxygen atoms in total. The van der Waals surface area contributed by atoms with Crippen LogP contribution in [0.2, 0.25) is 0 Å². The molecule has 0 aromatic heterocycles. The third kappa shape index (κ3) is 0.531. The van der Waals surface area contributed by atoms with Crippen LogP contribution < -0.4 is 0 Å². The molecule has 0 aliphatic heterocycles. The molecule has 3 saturated carbocycles. The third-order valence-corrected chi connectivity index (χ3v) is 2.92. The Kier molecular flexibility index (Phi) is 0.974. The van der Waals surface area contributed by atoms with E-state index in [4.69, 9.17) is 0 Å². The Morgan fingerprint density at radius 2 is 2.22 bits per heavy atom. The minimum Gasteiger partial charge on any atom is -0.393 e. The molecule has 0 saturated heterocycles. The van der Waals surface area contributed by atoms with Crippen LogP contribution in [0.25, 0.3) is 0 Å². The summed E-state index contributed by atoms with van der Waals surface area (Å²) in [7, 11) is 0. The van der Waals surface area contributed by atoms with E-state index in [9.17, 15) is 5.11 Å². The van der Waals surface area contributed by atoms with E-state index >= 15 is 0 Å². The van der Waals surface area contributed by atoms with Gasteiger partial charge in [-0.2, -0.15) is 0 Å². The monoisotopic (exact) mass is 124 g/mol. The first-order valence-electron chi connectivity index (χ1n) is 3.63. The molecule has 0 unspecified atom stereocenters. The maximum Gasteiger partial charge on any atom is 0.0577 e. The highest BCUT2D eigenvalue weighted by molar-refractivity contribution is 5.07. The molecular formula is C8H12O. The molecule has 50 valence electrons. The minimum absolute atomic E-state index is 0.00185. The summed E-state index contributed by atoms with van der Waals surface area (Å²) in [6, 6.07) is 0. The van der Waals surface area contributed by atoms with E-state index in [1.807, 2.05) is 6.08 Å². The standard InChI is InChI=1S/C8H12O/c1-2-6-5-3-7(6)8(9)4-5/h2,5-9H,1,3-4H2/t5-,6-,7-,8-/m1/s1. The topological polar surface area (TPSA) is 20.2 Å². The summed E-state index contributed by atoms with van der Waals surface area (Å²) in [5.74, 6) is 2.01. The Morgan fingerprint density at radius 1 is 1.44 bits per heavy atom. The molecule has 9 heavy (non-hydrogen) atoms. The predicted molar refractivity (Wildman–Crippen MR) is 35.9 cm³/mol. The lowest BCUT2D eigenvalue weighted by Gasteiger charge is -2.33. The van der Waals surface area contributed by atoms with Crippen LogP contribution in [0.3, 0.4) is 0 Å². The molecule has 0 radical (unpaired) electrons. The summed E-state index contributed by atoms with van der Waals surface area (Å²) >= 11 is 0. The van der Waals surface area contributed by atoms with Crippen molar-refractivity contribution in [1.29, 1.82) is 0 Å². The molecule has 1 N–H and O–H groups in total. The lowest BCUT2D eigenvalue weighted by atomic mass is 9.72. The van der Waals surface area contributed by atoms with Gasteiger partial charge < -0.3 is 5.11 Å². The van der Waals surface area contributed by atoms with Crippen molar-refractivity contribution in [3.63, 3.8) is 0 Å². The third-order valence-electron chi connectivity index (χ3n) is 2.92. The molecule has 4 atom stereocenters. The SMILES string of the molecule is C=C[C@@H]1[C@@H]2C[C@H]1[C@H](O)C2. The van der Waals surface area contributed by atoms with Crippen molar-refractivity contribution in [2.45, 2.75) is 18.9 Å². The molecular weight excluding hydrogens is 112 g/mol. The summed E-state index contributed by atoms with van der Waals surface area (Å²) in [6.45, 7) is 3.75. The van der Waals surface area contributed by atoms with E-state index in [0.29, 0.717) is 11.8 Å². The van der Waals surface area contributed by atoms with Crippen molar-refractivity contribution >= 4 is 0 Å². The van der Waals surface area contributed by atoms with E-state index in [1.54, 1.807) is 0 Å². The fraction of sp³-hybridized carbons (Fsp3) is 0.750. The van der Waals surface area contributed by atoms with Gasteiger partial charge in [-0.3, -0.25) is 0 Å². The lowest BCUT2D eigenvalue weighted by Crippen LogP contribution is -2.28. The molecule has 3 aliphatic rings. The Hall–Kier alpha value is -0.300. The van der Waals surface area contributed by atoms with Crippen LogP contribution in [0, 0.1) is 17.8 Å². The first-order valence-corrected chi connectivity index (χ1v) is 3.63. The van der Waals surface area contributed by atoms with Gasteiger partial charge >= 0.3 is 0 Å². The summed E-state index contributed by atoms with van der Waals surface area (Å²) < 4.78 is 0. The van der Waals surface area contributed by atoms with E-state index in [0.717, 1.165) is 12.3 Å². The van der Waals surface area contributed by atoms with Crippen molar-refractivity contribution in [3.05, 3.63) is 12.7 Å². The van der Waals surface area contributed by atoms with Gasteiger partial charge in [0, 0.05) is 0 Å². The Bertz CT molecular complexity index is 142.